The molecule has 0 radical (unpaired) electrons. The molecule has 1 aliphatic rings. The quantitative estimate of drug-likeness (QED) is 0.361. The lowest BCUT2D eigenvalue weighted by Crippen LogP contribution is -2.52. The summed E-state index contributed by atoms with van der Waals surface area (Å²) in [5, 5.41) is 12.9. The Bertz CT molecular complexity index is 1610. The highest BCUT2D eigenvalue weighted by atomic mass is 16.2. The number of aromatic nitrogens is 2. The molecule has 8 nitrogen and oxygen atoms in total. The van der Waals surface area contributed by atoms with Gasteiger partial charge >= 0.3 is 6.03 Å². The zero-order valence-corrected chi connectivity index (χ0v) is 20.5. The number of likely N-dealkylation sites (tertiary alicyclic amines) is 1. The van der Waals surface area contributed by atoms with Gasteiger partial charge in [-0.2, -0.15) is 0 Å². The lowest BCUT2D eigenvalue weighted by Gasteiger charge is -2.27. The van der Waals surface area contributed by atoms with Crippen LogP contribution in [0.4, 0.5) is 4.79 Å². The Morgan fingerprint density at radius 2 is 1.73 bits per heavy atom. The molecule has 0 saturated carbocycles. The highest BCUT2D eigenvalue weighted by molar-refractivity contribution is 6.23. The SMILES string of the molecule is C[C@H](NC(=O)n1ccnc1)C(=O)N1CCC[C@H]1C(=O)NCc1ccc2ccc3cccc4ccc1c2c34. The number of carbonyl (C=O) groups excluding carboxylic acids is 3. The first kappa shape index (κ1) is 23.0. The molecule has 1 aliphatic heterocycles. The summed E-state index contributed by atoms with van der Waals surface area (Å²) >= 11 is 0. The summed E-state index contributed by atoms with van der Waals surface area (Å²) < 4.78 is 1.27. The normalized spacial score (nSPS) is 16.5. The Hall–Kier alpha value is -4.46. The molecule has 1 saturated heterocycles. The first-order chi connectivity index (χ1) is 18.0. The van der Waals surface area contributed by atoms with E-state index in [0.717, 1.165) is 17.4 Å². The highest BCUT2D eigenvalue weighted by Crippen LogP contribution is 2.35. The van der Waals surface area contributed by atoms with Crippen molar-refractivity contribution in [2.24, 2.45) is 0 Å². The predicted octanol–water partition coefficient (Wildman–Crippen LogP) is 4.03. The van der Waals surface area contributed by atoms with Crippen LogP contribution in [0.3, 0.4) is 0 Å². The minimum Gasteiger partial charge on any atom is -0.350 e. The standard InChI is InChI=1S/C29H27N5O3/c1-18(32-29(37)33-15-13-30-17-33)28(36)34-14-3-6-24(34)27(35)31-16-22-10-9-21-8-7-19-4-2-5-20-11-12-23(22)26(21)25(19)20/h2,4-5,7-13,15,17-18,24H,3,6,14,16H2,1H3,(H,31,35)(H,32,37)/t18-,24-/m0/s1. The fourth-order valence-electron chi connectivity index (χ4n) is 5.50. The van der Waals surface area contributed by atoms with Gasteiger partial charge in [0.15, 0.2) is 0 Å². The van der Waals surface area contributed by atoms with Crippen LogP contribution in [0, 0.1) is 0 Å². The Kier molecular flexibility index (Phi) is 5.71. The van der Waals surface area contributed by atoms with E-state index >= 15 is 0 Å². The lowest BCUT2D eigenvalue weighted by atomic mass is 9.92. The molecule has 1 fully saturated rings. The average molecular weight is 494 g/mol. The van der Waals surface area contributed by atoms with E-state index in [0.29, 0.717) is 19.5 Å². The molecule has 186 valence electrons. The maximum absolute atomic E-state index is 13.2. The van der Waals surface area contributed by atoms with Crippen molar-refractivity contribution in [1.82, 2.24) is 25.1 Å². The third-order valence-corrected chi connectivity index (χ3v) is 7.36. The summed E-state index contributed by atoms with van der Waals surface area (Å²) in [5.74, 6) is -0.446. The summed E-state index contributed by atoms with van der Waals surface area (Å²) in [6.45, 7) is 2.49. The lowest BCUT2D eigenvalue weighted by molar-refractivity contribution is -0.139. The minimum atomic E-state index is -0.763. The number of imidazole rings is 1. The van der Waals surface area contributed by atoms with E-state index < -0.39 is 18.1 Å². The summed E-state index contributed by atoms with van der Waals surface area (Å²) in [6, 6.07) is 17.3. The number of benzene rings is 4. The first-order valence-electron chi connectivity index (χ1n) is 12.5. The van der Waals surface area contributed by atoms with Crippen molar-refractivity contribution in [3.8, 4) is 0 Å². The van der Waals surface area contributed by atoms with Gasteiger partial charge in [-0.15, -0.1) is 0 Å². The third-order valence-electron chi connectivity index (χ3n) is 7.36. The molecular weight excluding hydrogens is 466 g/mol. The van der Waals surface area contributed by atoms with Gasteiger partial charge in [0.2, 0.25) is 11.8 Å². The van der Waals surface area contributed by atoms with Gasteiger partial charge < -0.3 is 15.5 Å². The Morgan fingerprint density at radius 3 is 2.49 bits per heavy atom. The summed E-state index contributed by atoms with van der Waals surface area (Å²) in [5.41, 5.74) is 1.04. The molecule has 37 heavy (non-hydrogen) atoms. The Labute approximate surface area is 213 Å². The second-order valence-corrected chi connectivity index (χ2v) is 9.63. The van der Waals surface area contributed by atoms with Crippen LogP contribution in [0.15, 0.2) is 73.3 Å². The van der Waals surface area contributed by atoms with Crippen LogP contribution >= 0.6 is 0 Å². The summed E-state index contributed by atoms with van der Waals surface area (Å²) in [6.07, 6.45) is 5.71. The molecule has 0 unspecified atom stereocenters. The number of nitrogens with zero attached hydrogens (tertiary/aromatic N) is 3. The van der Waals surface area contributed by atoms with E-state index in [1.807, 2.05) is 0 Å². The fraction of sp³-hybridized carbons (Fsp3) is 0.241. The topological polar surface area (TPSA) is 96.3 Å². The van der Waals surface area contributed by atoms with Crippen molar-refractivity contribution in [3.63, 3.8) is 0 Å². The molecule has 2 atom stereocenters. The molecule has 1 aromatic heterocycles. The monoisotopic (exact) mass is 493 g/mol. The van der Waals surface area contributed by atoms with Crippen LogP contribution in [0.1, 0.15) is 25.3 Å². The van der Waals surface area contributed by atoms with Crippen molar-refractivity contribution >= 4 is 50.2 Å². The molecule has 0 spiro atoms. The molecule has 0 bridgehead atoms. The van der Waals surface area contributed by atoms with Crippen molar-refractivity contribution in [1.29, 1.82) is 0 Å². The molecule has 2 N–H and O–H groups in total. The zero-order chi connectivity index (χ0) is 25.5. The molecular formula is C29H27N5O3. The molecule has 4 aromatic carbocycles. The third kappa shape index (κ3) is 4.04. The van der Waals surface area contributed by atoms with Gasteiger partial charge in [0, 0.05) is 25.5 Å². The van der Waals surface area contributed by atoms with E-state index in [2.05, 4.69) is 70.2 Å². The van der Waals surface area contributed by atoms with Crippen LogP contribution in [-0.2, 0) is 16.1 Å². The molecule has 5 aromatic rings. The second-order valence-electron chi connectivity index (χ2n) is 9.63. The van der Waals surface area contributed by atoms with Crippen molar-refractivity contribution in [2.75, 3.05) is 6.54 Å². The maximum atomic E-state index is 13.2. The highest BCUT2D eigenvalue weighted by Gasteiger charge is 2.36. The molecule has 2 heterocycles. The van der Waals surface area contributed by atoms with Gasteiger partial charge in [-0.1, -0.05) is 54.6 Å². The molecule has 3 amide bonds. The first-order valence-corrected chi connectivity index (χ1v) is 12.5. The number of hydrogen-bond acceptors (Lipinski definition) is 4. The van der Waals surface area contributed by atoms with Gasteiger partial charge in [0.1, 0.15) is 18.4 Å². The molecule has 0 aliphatic carbocycles. The van der Waals surface area contributed by atoms with E-state index in [9.17, 15) is 14.4 Å². The van der Waals surface area contributed by atoms with E-state index in [-0.39, 0.29) is 11.8 Å². The second kappa shape index (κ2) is 9.20. The number of carbonyl (C=O) groups is 3. The van der Waals surface area contributed by atoms with Crippen LogP contribution < -0.4 is 10.6 Å². The van der Waals surface area contributed by atoms with E-state index in [1.54, 1.807) is 11.8 Å². The maximum Gasteiger partial charge on any atom is 0.327 e. The predicted molar refractivity (Wildman–Crippen MR) is 142 cm³/mol. The van der Waals surface area contributed by atoms with Crippen molar-refractivity contribution in [2.45, 2.75) is 38.4 Å². The van der Waals surface area contributed by atoms with Crippen LogP contribution in [0.25, 0.3) is 32.3 Å². The van der Waals surface area contributed by atoms with Crippen molar-refractivity contribution < 1.29 is 14.4 Å². The van der Waals surface area contributed by atoms with Gasteiger partial charge in [-0.3, -0.25) is 14.2 Å². The van der Waals surface area contributed by atoms with Gasteiger partial charge in [-0.05, 0) is 57.6 Å². The van der Waals surface area contributed by atoms with Crippen LogP contribution in [0.5, 0.6) is 0 Å². The zero-order valence-electron chi connectivity index (χ0n) is 20.5. The Balaban J connectivity index is 1.18. The Morgan fingerprint density at radius 1 is 1.00 bits per heavy atom. The molecule has 6 rings (SSSR count). The largest absolute Gasteiger partial charge is 0.350 e. The minimum absolute atomic E-state index is 0.176. The fourth-order valence-corrected chi connectivity index (χ4v) is 5.50. The number of rotatable bonds is 5. The van der Waals surface area contributed by atoms with E-state index in [1.165, 1.54) is 50.2 Å². The summed E-state index contributed by atoms with van der Waals surface area (Å²) in [4.78, 5) is 44.1. The smallest absolute Gasteiger partial charge is 0.327 e. The average Bonchev–Trinajstić information content (AvgIpc) is 3.63. The van der Waals surface area contributed by atoms with Crippen LogP contribution in [-0.4, -0.2) is 50.9 Å². The summed E-state index contributed by atoms with van der Waals surface area (Å²) in [7, 11) is 0. The van der Waals surface area contributed by atoms with Gasteiger partial charge in [0.25, 0.3) is 0 Å². The number of nitrogens with one attached hydrogen (secondary N) is 2. The van der Waals surface area contributed by atoms with Gasteiger partial charge in [-0.25, -0.2) is 9.78 Å². The van der Waals surface area contributed by atoms with Gasteiger partial charge in [0.05, 0.1) is 0 Å². The number of hydrogen-bond donors (Lipinski definition) is 2. The molecule has 8 heteroatoms. The van der Waals surface area contributed by atoms with E-state index in [4.69, 9.17) is 0 Å². The number of amides is 3. The van der Waals surface area contributed by atoms with Crippen molar-refractivity contribution in [3.05, 3.63) is 78.9 Å². The van der Waals surface area contributed by atoms with Crippen LogP contribution in [0.2, 0.25) is 0 Å².